The fourth-order valence-corrected chi connectivity index (χ4v) is 3.34. The standard InChI is InChI=1S/C8H8BrNO3S/c9-6-5(14-3-10-6)8(13)1-4(2-8)7(11)12/h3-4,13H,1-2H2,(H,11,12). The number of hydrogen-bond donors (Lipinski definition) is 2. The second-order valence-electron chi connectivity index (χ2n) is 3.45. The average Bonchev–Trinajstić information content (AvgIpc) is 2.45. The quantitative estimate of drug-likeness (QED) is 0.861. The Balaban J connectivity index is 2.15. The smallest absolute Gasteiger partial charge is 0.306 e. The van der Waals surface area contributed by atoms with Crippen molar-refractivity contribution in [2.45, 2.75) is 18.4 Å². The van der Waals surface area contributed by atoms with Crippen molar-refractivity contribution in [1.29, 1.82) is 0 Å². The van der Waals surface area contributed by atoms with Crippen molar-refractivity contribution in [2.75, 3.05) is 0 Å². The zero-order valence-corrected chi connectivity index (χ0v) is 9.51. The first kappa shape index (κ1) is 10.1. The monoisotopic (exact) mass is 277 g/mol. The number of carboxylic acid groups (broad SMARTS) is 1. The van der Waals surface area contributed by atoms with Crippen molar-refractivity contribution in [3.8, 4) is 0 Å². The fraction of sp³-hybridized carbons (Fsp3) is 0.500. The maximum absolute atomic E-state index is 10.6. The largest absolute Gasteiger partial charge is 0.481 e. The summed E-state index contributed by atoms with van der Waals surface area (Å²) in [5.74, 6) is -1.26. The van der Waals surface area contributed by atoms with Crippen LogP contribution >= 0.6 is 27.3 Å². The molecular formula is C8H8BrNO3S. The van der Waals surface area contributed by atoms with Gasteiger partial charge in [-0.15, -0.1) is 11.3 Å². The molecule has 1 heterocycles. The van der Waals surface area contributed by atoms with Gasteiger partial charge in [0.15, 0.2) is 0 Å². The van der Waals surface area contributed by atoms with Crippen LogP contribution in [0.2, 0.25) is 0 Å². The highest BCUT2D eigenvalue weighted by atomic mass is 79.9. The zero-order valence-electron chi connectivity index (χ0n) is 7.11. The predicted molar refractivity (Wildman–Crippen MR) is 54.1 cm³/mol. The summed E-state index contributed by atoms with van der Waals surface area (Å²) >= 11 is 4.57. The minimum Gasteiger partial charge on any atom is -0.481 e. The number of aromatic nitrogens is 1. The van der Waals surface area contributed by atoms with E-state index in [1.54, 1.807) is 5.51 Å². The maximum Gasteiger partial charge on any atom is 0.306 e. The van der Waals surface area contributed by atoms with Crippen LogP contribution in [0.4, 0.5) is 0 Å². The second kappa shape index (κ2) is 3.29. The molecule has 0 bridgehead atoms. The van der Waals surface area contributed by atoms with Gasteiger partial charge in [-0.05, 0) is 28.8 Å². The molecule has 0 aliphatic heterocycles. The lowest BCUT2D eigenvalue weighted by molar-refractivity contribution is -0.159. The van der Waals surface area contributed by atoms with Crippen LogP contribution in [0.3, 0.4) is 0 Å². The van der Waals surface area contributed by atoms with Crippen LogP contribution in [0.15, 0.2) is 10.1 Å². The van der Waals surface area contributed by atoms with Gasteiger partial charge in [0.25, 0.3) is 0 Å². The summed E-state index contributed by atoms with van der Waals surface area (Å²) in [6.07, 6.45) is 0.562. The third kappa shape index (κ3) is 1.47. The lowest BCUT2D eigenvalue weighted by Gasteiger charge is -2.40. The Bertz CT molecular complexity index is 372. The van der Waals surface area contributed by atoms with Crippen LogP contribution in [0.25, 0.3) is 0 Å². The number of hydrogen-bond acceptors (Lipinski definition) is 4. The van der Waals surface area contributed by atoms with E-state index >= 15 is 0 Å². The van der Waals surface area contributed by atoms with Crippen LogP contribution in [0, 0.1) is 5.92 Å². The molecule has 0 unspecified atom stereocenters. The summed E-state index contributed by atoms with van der Waals surface area (Å²) in [6.45, 7) is 0. The molecule has 1 saturated carbocycles. The molecule has 14 heavy (non-hydrogen) atoms. The number of carboxylic acids is 1. The van der Waals surface area contributed by atoms with E-state index in [0.29, 0.717) is 4.60 Å². The SMILES string of the molecule is O=C(O)C1CC(O)(c2scnc2Br)C1. The summed E-state index contributed by atoms with van der Waals surface area (Å²) in [7, 11) is 0. The van der Waals surface area contributed by atoms with Crippen LogP contribution in [0.1, 0.15) is 17.7 Å². The predicted octanol–water partition coefficient (Wildman–Crippen LogP) is 1.59. The van der Waals surface area contributed by atoms with Gasteiger partial charge in [-0.25, -0.2) is 4.98 Å². The molecule has 76 valence electrons. The van der Waals surface area contributed by atoms with Gasteiger partial charge < -0.3 is 10.2 Å². The molecule has 1 aromatic rings. The minimum atomic E-state index is -0.983. The highest BCUT2D eigenvalue weighted by Crippen LogP contribution is 2.49. The summed E-state index contributed by atoms with van der Waals surface area (Å²) in [5, 5.41) is 18.7. The van der Waals surface area contributed by atoms with Crippen molar-refractivity contribution >= 4 is 33.2 Å². The molecule has 0 atom stereocenters. The van der Waals surface area contributed by atoms with Gasteiger partial charge in [0.2, 0.25) is 0 Å². The van der Waals surface area contributed by atoms with E-state index in [9.17, 15) is 9.90 Å². The van der Waals surface area contributed by atoms with E-state index in [4.69, 9.17) is 5.11 Å². The Morgan fingerprint density at radius 2 is 2.36 bits per heavy atom. The molecule has 6 heteroatoms. The van der Waals surface area contributed by atoms with Gasteiger partial charge >= 0.3 is 5.97 Å². The van der Waals surface area contributed by atoms with Gasteiger partial charge in [0.1, 0.15) is 10.2 Å². The molecular weight excluding hydrogens is 270 g/mol. The molecule has 0 spiro atoms. The Labute approximate surface area is 92.7 Å². The number of nitrogens with zero attached hydrogens (tertiary/aromatic N) is 1. The first-order chi connectivity index (χ1) is 6.53. The third-order valence-corrected chi connectivity index (χ3v) is 4.35. The van der Waals surface area contributed by atoms with Gasteiger partial charge in [-0.1, -0.05) is 0 Å². The molecule has 4 nitrogen and oxygen atoms in total. The first-order valence-corrected chi connectivity index (χ1v) is 5.75. The molecule has 0 aromatic carbocycles. The molecule has 0 saturated heterocycles. The highest BCUT2D eigenvalue weighted by molar-refractivity contribution is 9.10. The third-order valence-electron chi connectivity index (χ3n) is 2.46. The number of carbonyl (C=O) groups is 1. The molecule has 2 rings (SSSR count). The van der Waals surface area contributed by atoms with E-state index in [1.165, 1.54) is 11.3 Å². The first-order valence-electron chi connectivity index (χ1n) is 4.07. The Morgan fingerprint density at radius 1 is 1.71 bits per heavy atom. The number of aliphatic hydroxyl groups is 1. The summed E-state index contributed by atoms with van der Waals surface area (Å²) < 4.78 is 0.619. The molecule has 0 amide bonds. The summed E-state index contributed by atoms with van der Waals surface area (Å²) in [4.78, 5) is 15.3. The molecule has 1 aliphatic rings. The number of halogens is 1. The van der Waals surface area contributed by atoms with E-state index in [0.717, 1.165) is 4.88 Å². The fourth-order valence-electron chi connectivity index (χ4n) is 1.65. The minimum absolute atomic E-state index is 0.281. The number of aliphatic carboxylic acids is 1. The van der Waals surface area contributed by atoms with Crippen molar-refractivity contribution < 1.29 is 15.0 Å². The molecule has 1 aromatic heterocycles. The Morgan fingerprint density at radius 3 is 2.79 bits per heavy atom. The van der Waals surface area contributed by atoms with Gasteiger partial charge in [0, 0.05) is 0 Å². The van der Waals surface area contributed by atoms with Gasteiger partial charge in [-0.2, -0.15) is 0 Å². The molecule has 1 aliphatic carbocycles. The second-order valence-corrected chi connectivity index (χ2v) is 5.05. The van der Waals surface area contributed by atoms with Gasteiger partial charge in [0.05, 0.1) is 16.3 Å². The molecule has 2 N–H and O–H groups in total. The van der Waals surface area contributed by atoms with Crippen molar-refractivity contribution in [2.24, 2.45) is 5.92 Å². The Hall–Kier alpha value is -0.460. The maximum atomic E-state index is 10.6. The van der Waals surface area contributed by atoms with Crippen LogP contribution < -0.4 is 0 Å². The number of thiazole rings is 1. The van der Waals surface area contributed by atoms with E-state index in [2.05, 4.69) is 20.9 Å². The number of rotatable bonds is 2. The van der Waals surface area contributed by atoms with E-state index < -0.39 is 17.5 Å². The lowest BCUT2D eigenvalue weighted by Crippen LogP contribution is -2.44. The van der Waals surface area contributed by atoms with Crippen LogP contribution in [-0.4, -0.2) is 21.2 Å². The van der Waals surface area contributed by atoms with Crippen molar-refractivity contribution in [3.05, 3.63) is 15.0 Å². The van der Waals surface area contributed by atoms with E-state index in [-0.39, 0.29) is 12.8 Å². The highest BCUT2D eigenvalue weighted by Gasteiger charge is 2.49. The Kier molecular flexibility index (Phi) is 2.36. The lowest BCUT2D eigenvalue weighted by atomic mass is 9.70. The molecule has 1 fully saturated rings. The van der Waals surface area contributed by atoms with Crippen LogP contribution in [-0.2, 0) is 10.4 Å². The topological polar surface area (TPSA) is 70.4 Å². The average molecular weight is 278 g/mol. The van der Waals surface area contributed by atoms with Crippen molar-refractivity contribution in [3.63, 3.8) is 0 Å². The van der Waals surface area contributed by atoms with Crippen LogP contribution in [0.5, 0.6) is 0 Å². The zero-order chi connectivity index (χ0) is 10.3. The van der Waals surface area contributed by atoms with Crippen molar-refractivity contribution in [1.82, 2.24) is 4.98 Å². The summed E-state index contributed by atoms with van der Waals surface area (Å²) in [6, 6.07) is 0. The van der Waals surface area contributed by atoms with E-state index in [1.807, 2.05) is 0 Å². The summed E-state index contributed by atoms with van der Waals surface area (Å²) in [5.41, 5.74) is 0.647. The molecule has 0 radical (unpaired) electrons. The normalized spacial score (nSPS) is 31.1. The van der Waals surface area contributed by atoms with Gasteiger partial charge in [-0.3, -0.25) is 4.79 Å².